The van der Waals surface area contributed by atoms with E-state index in [4.69, 9.17) is 9.47 Å². The zero-order valence-electron chi connectivity index (χ0n) is 27.8. The number of ether oxygens (including phenoxy) is 2. The van der Waals surface area contributed by atoms with Crippen LogP contribution < -0.4 is 0 Å². The Morgan fingerprint density at radius 1 is 0.659 bits per heavy atom. The molecule has 0 aromatic heterocycles. The first kappa shape index (κ1) is 38.9. The van der Waals surface area contributed by atoms with Gasteiger partial charge in [-0.1, -0.05) is 101 Å². The van der Waals surface area contributed by atoms with Crippen molar-refractivity contribution in [3.63, 3.8) is 0 Å². The Morgan fingerprint density at radius 2 is 1.02 bits per heavy atom. The van der Waals surface area contributed by atoms with E-state index in [1.807, 2.05) is 18.7 Å². The Morgan fingerprint density at radius 3 is 1.37 bits per heavy atom. The largest absolute Gasteiger partial charge is 0.454 e. The summed E-state index contributed by atoms with van der Waals surface area (Å²) in [6.45, 7) is 22.8. The molecule has 2 unspecified atom stereocenters. The third kappa shape index (κ3) is 21.3. The number of esters is 2. The number of allylic oxidation sites excluding steroid dienone is 4. The van der Waals surface area contributed by atoms with Crippen LogP contribution in [0.4, 0.5) is 0 Å². The molecular formula is C36H63NO4. The lowest BCUT2D eigenvalue weighted by molar-refractivity contribution is -0.159. The lowest BCUT2D eigenvalue weighted by Gasteiger charge is -2.29. The smallest absolute Gasteiger partial charge is 0.321 e. The number of hydrogen-bond acceptors (Lipinski definition) is 5. The van der Waals surface area contributed by atoms with Crippen molar-refractivity contribution in [1.82, 2.24) is 4.90 Å². The lowest BCUT2D eigenvalue weighted by atomic mass is 9.99. The summed E-state index contributed by atoms with van der Waals surface area (Å²) in [5.41, 5.74) is 0.963. The van der Waals surface area contributed by atoms with Crippen LogP contribution >= 0.6 is 0 Å². The van der Waals surface area contributed by atoms with Gasteiger partial charge >= 0.3 is 11.9 Å². The van der Waals surface area contributed by atoms with Crippen molar-refractivity contribution in [2.75, 3.05) is 19.6 Å². The second-order valence-electron chi connectivity index (χ2n) is 12.5. The molecule has 0 aliphatic rings. The van der Waals surface area contributed by atoms with Crippen LogP contribution in [0.1, 0.15) is 138 Å². The molecule has 2 atom stereocenters. The molecule has 0 spiro atoms. The van der Waals surface area contributed by atoms with Crippen LogP contribution in [0.25, 0.3) is 0 Å². The van der Waals surface area contributed by atoms with Crippen LogP contribution in [0.15, 0.2) is 48.6 Å². The SMILES string of the molecule is C=CC(C)(CCC=C(C)C)OC(=O)CN(CCCCCCCCCCCC)CC(=O)OC(C)(C=C)CCC=C(C)C. The van der Waals surface area contributed by atoms with Gasteiger partial charge in [0.15, 0.2) is 0 Å². The first-order valence-corrected chi connectivity index (χ1v) is 16.1. The van der Waals surface area contributed by atoms with Crippen LogP contribution in [0.5, 0.6) is 0 Å². The Hall–Kier alpha value is -2.14. The monoisotopic (exact) mass is 573 g/mol. The van der Waals surface area contributed by atoms with Crippen molar-refractivity contribution in [1.29, 1.82) is 0 Å². The molecule has 0 saturated carbocycles. The predicted octanol–water partition coefficient (Wildman–Crippen LogP) is 9.68. The van der Waals surface area contributed by atoms with Crippen molar-refractivity contribution >= 4 is 11.9 Å². The van der Waals surface area contributed by atoms with E-state index < -0.39 is 11.2 Å². The maximum Gasteiger partial charge on any atom is 0.321 e. The minimum atomic E-state index is -0.751. The Balaban J connectivity index is 5.11. The molecule has 0 aromatic rings. The molecule has 0 amide bonds. The number of hydrogen-bond donors (Lipinski definition) is 0. The molecule has 0 aliphatic carbocycles. The summed E-state index contributed by atoms with van der Waals surface area (Å²) >= 11 is 0. The van der Waals surface area contributed by atoms with Crippen LogP contribution in [0.2, 0.25) is 0 Å². The molecule has 0 aromatic carbocycles. The topological polar surface area (TPSA) is 55.8 Å². The highest BCUT2D eigenvalue weighted by Crippen LogP contribution is 2.22. The first-order valence-electron chi connectivity index (χ1n) is 16.1. The van der Waals surface area contributed by atoms with Gasteiger partial charge in [0.2, 0.25) is 0 Å². The average molecular weight is 574 g/mol. The van der Waals surface area contributed by atoms with Gasteiger partial charge in [0.1, 0.15) is 11.2 Å². The van der Waals surface area contributed by atoms with Gasteiger partial charge in [0, 0.05) is 0 Å². The van der Waals surface area contributed by atoms with Gasteiger partial charge in [-0.3, -0.25) is 14.5 Å². The summed E-state index contributed by atoms with van der Waals surface area (Å²) in [6.07, 6.45) is 22.9. The normalized spacial score (nSPS) is 14.0. The van der Waals surface area contributed by atoms with E-state index in [2.05, 4.69) is 59.9 Å². The van der Waals surface area contributed by atoms with E-state index in [0.29, 0.717) is 19.4 Å². The van der Waals surface area contributed by atoms with Gasteiger partial charge in [-0.2, -0.15) is 0 Å². The Labute approximate surface area is 253 Å². The van der Waals surface area contributed by atoms with Gasteiger partial charge in [-0.15, -0.1) is 0 Å². The van der Waals surface area contributed by atoms with E-state index in [1.165, 1.54) is 62.5 Å². The summed E-state index contributed by atoms with van der Waals surface area (Å²) in [5.74, 6) is -0.695. The summed E-state index contributed by atoms with van der Waals surface area (Å²) in [5, 5.41) is 0. The van der Waals surface area contributed by atoms with Crippen LogP contribution in [-0.2, 0) is 19.1 Å². The number of carbonyl (C=O) groups is 2. The van der Waals surface area contributed by atoms with E-state index in [-0.39, 0.29) is 25.0 Å². The minimum Gasteiger partial charge on any atom is -0.454 e. The van der Waals surface area contributed by atoms with Crippen molar-refractivity contribution < 1.29 is 19.1 Å². The van der Waals surface area contributed by atoms with E-state index in [1.54, 1.807) is 12.2 Å². The molecular weight excluding hydrogens is 510 g/mol. The van der Waals surface area contributed by atoms with E-state index in [0.717, 1.165) is 25.7 Å². The first-order chi connectivity index (χ1) is 19.4. The van der Waals surface area contributed by atoms with Crippen molar-refractivity contribution in [3.8, 4) is 0 Å². The molecule has 0 N–H and O–H groups in total. The molecule has 0 bridgehead atoms. The molecule has 0 aliphatic heterocycles. The van der Waals surface area contributed by atoms with Crippen LogP contribution in [-0.4, -0.2) is 47.7 Å². The molecule has 0 fully saturated rings. The highest BCUT2D eigenvalue weighted by Gasteiger charge is 2.28. The highest BCUT2D eigenvalue weighted by atomic mass is 16.6. The Kier molecular flexibility index (Phi) is 21.3. The third-order valence-corrected chi connectivity index (χ3v) is 7.48. The van der Waals surface area contributed by atoms with Gasteiger partial charge in [-0.05, 0) is 92.3 Å². The minimum absolute atomic E-state index is 0.0428. The third-order valence-electron chi connectivity index (χ3n) is 7.48. The Bertz CT molecular complexity index is 765. The fourth-order valence-electron chi connectivity index (χ4n) is 4.67. The zero-order valence-corrected chi connectivity index (χ0v) is 27.8. The molecule has 0 rings (SSSR count). The van der Waals surface area contributed by atoms with Crippen LogP contribution in [0, 0.1) is 0 Å². The molecule has 41 heavy (non-hydrogen) atoms. The summed E-state index contributed by atoms with van der Waals surface area (Å²) < 4.78 is 11.8. The fraction of sp³-hybridized carbons (Fsp3) is 0.722. The number of unbranched alkanes of at least 4 members (excludes halogenated alkanes) is 9. The van der Waals surface area contributed by atoms with Gasteiger partial charge in [0.25, 0.3) is 0 Å². The summed E-state index contributed by atoms with van der Waals surface area (Å²) in [7, 11) is 0. The van der Waals surface area contributed by atoms with E-state index in [9.17, 15) is 9.59 Å². The number of nitrogens with zero attached hydrogens (tertiary/aromatic N) is 1. The fourth-order valence-corrected chi connectivity index (χ4v) is 4.67. The van der Waals surface area contributed by atoms with Crippen LogP contribution in [0.3, 0.4) is 0 Å². The average Bonchev–Trinajstić information content (AvgIpc) is 2.89. The standard InChI is InChI=1S/C36H63NO4/c1-10-13-14-15-16-17-18-19-20-21-28-37(29-33(38)40-35(8,11-2)26-22-24-31(4)5)30-34(39)41-36(9,12-3)27-23-25-32(6)7/h11-12,24-25H,2-3,10,13-23,26-30H2,1,4-9H3. The van der Waals surface area contributed by atoms with Gasteiger partial charge in [-0.25, -0.2) is 0 Å². The molecule has 236 valence electrons. The van der Waals surface area contributed by atoms with Gasteiger partial charge < -0.3 is 9.47 Å². The van der Waals surface area contributed by atoms with E-state index >= 15 is 0 Å². The quantitative estimate of drug-likeness (QED) is 0.0618. The summed E-state index contributed by atoms with van der Waals surface area (Å²) in [4.78, 5) is 27.9. The molecule has 0 radical (unpaired) electrons. The second kappa shape index (κ2) is 22.5. The summed E-state index contributed by atoms with van der Waals surface area (Å²) in [6, 6.07) is 0. The molecule has 0 heterocycles. The molecule has 5 heteroatoms. The maximum absolute atomic E-state index is 13.0. The molecule has 0 saturated heterocycles. The molecule has 5 nitrogen and oxygen atoms in total. The van der Waals surface area contributed by atoms with Crippen molar-refractivity contribution in [2.24, 2.45) is 0 Å². The zero-order chi connectivity index (χ0) is 31.2. The highest BCUT2D eigenvalue weighted by molar-refractivity contribution is 5.75. The lowest BCUT2D eigenvalue weighted by Crippen LogP contribution is -2.41. The second-order valence-corrected chi connectivity index (χ2v) is 12.5. The number of rotatable bonds is 25. The van der Waals surface area contributed by atoms with Crippen molar-refractivity contribution in [2.45, 2.75) is 150 Å². The number of carbonyl (C=O) groups excluding carboxylic acids is 2. The van der Waals surface area contributed by atoms with Gasteiger partial charge in [0.05, 0.1) is 13.1 Å². The predicted molar refractivity (Wildman–Crippen MR) is 175 cm³/mol. The maximum atomic E-state index is 13.0. The van der Waals surface area contributed by atoms with Crippen molar-refractivity contribution in [3.05, 3.63) is 48.6 Å².